The van der Waals surface area contributed by atoms with Crippen LogP contribution in [-0.4, -0.2) is 42.5 Å². The molecule has 0 unspecified atom stereocenters. The first-order valence-electron chi connectivity index (χ1n) is 6.41. The number of imide groups is 1. The van der Waals surface area contributed by atoms with Gasteiger partial charge in [-0.05, 0) is 29.5 Å². The molecule has 23 heavy (non-hydrogen) atoms. The van der Waals surface area contributed by atoms with Gasteiger partial charge in [-0.15, -0.1) is 0 Å². The molecule has 9 heteroatoms. The number of hydrogen-bond acceptors (Lipinski definition) is 7. The fraction of sp³-hybridized carbons (Fsp3) is 0.214. The molecule has 1 aromatic rings. The van der Waals surface area contributed by atoms with Crippen LogP contribution in [0.3, 0.4) is 0 Å². The Morgan fingerprint density at radius 3 is 2.78 bits per heavy atom. The summed E-state index contributed by atoms with van der Waals surface area (Å²) in [6, 6.07) is 3.20. The number of esters is 1. The van der Waals surface area contributed by atoms with Crippen LogP contribution in [0.2, 0.25) is 5.02 Å². The Morgan fingerprint density at radius 1 is 1.39 bits per heavy atom. The SMILES string of the molecule is COC(=O)CN1C(=O)S/C(=C/c2cc3c(cc2Cl)OCO3)C1=O. The van der Waals surface area contributed by atoms with Gasteiger partial charge in [0.05, 0.1) is 17.0 Å². The number of ether oxygens (including phenoxy) is 3. The Hall–Kier alpha value is -2.19. The molecule has 1 saturated heterocycles. The molecular weight excluding hydrogens is 346 g/mol. The highest BCUT2D eigenvalue weighted by atomic mass is 35.5. The van der Waals surface area contributed by atoms with Gasteiger partial charge in [0.2, 0.25) is 6.79 Å². The molecule has 0 aliphatic carbocycles. The van der Waals surface area contributed by atoms with Crippen LogP contribution in [0.1, 0.15) is 5.56 Å². The predicted molar refractivity (Wildman–Crippen MR) is 82.3 cm³/mol. The number of hydrogen-bond donors (Lipinski definition) is 0. The van der Waals surface area contributed by atoms with Crippen molar-refractivity contribution < 1.29 is 28.6 Å². The molecule has 0 spiro atoms. The lowest BCUT2D eigenvalue weighted by Crippen LogP contribution is -2.34. The fourth-order valence-electron chi connectivity index (χ4n) is 2.01. The maximum Gasteiger partial charge on any atom is 0.325 e. The van der Waals surface area contributed by atoms with Crippen LogP contribution in [0.25, 0.3) is 6.08 Å². The third-order valence-corrected chi connectivity index (χ3v) is 4.40. The van der Waals surface area contributed by atoms with Crippen LogP contribution < -0.4 is 9.47 Å². The number of carbonyl (C=O) groups is 3. The second-order valence-corrected chi connectivity index (χ2v) is 5.97. The molecule has 1 fully saturated rings. The molecule has 120 valence electrons. The Labute approximate surface area is 140 Å². The molecular formula is C14H10ClNO6S. The third kappa shape index (κ3) is 2.99. The van der Waals surface area contributed by atoms with E-state index in [2.05, 4.69) is 4.74 Å². The van der Waals surface area contributed by atoms with E-state index in [4.69, 9.17) is 21.1 Å². The summed E-state index contributed by atoms with van der Waals surface area (Å²) in [6.45, 7) is -0.321. The number of halogens is 1. The Morgan fingerprint density at radius 2 is 2.09 bits per heavy atom. The van der Waals surface area contributed by atoms with E-state index in [9.17, 15) is 14.4 Å². The molecule has 0 atom stereocenters. The number of nitrogens with zero attached hydrogens (tertiary/aromatic N) is 1. The van der Waals surface area contributed by atoms with Crippen LogP contribution in [0.5, 0.6) is 11.5 Å². The molecule has 2 aliphatic heterocycles. The largest absolute Gasteiger partial charge is 0.468 e. The van der Waals surface area contributed by atoms with Gasteiger partial charge in [0.1, 0.15) is 6.54 Å². The van der Waals surface area contributed by atoms with Crippen LogP contribution in [0, 0.1) is 0 Å². The van der Waals surface area contributed by atoms with Gasteiger partial charge in [0.25, 0.3) is 11.1 Å². The first kappa shape index (κ1) is 15.7. The van der Waals surface area contributed by atoms with Gasteiger partial charge in [-0.1, -0.05) is 11.6 Å². The van der Waals surface area contributed by atoms with Gasteiger partial charge in [0.15, 0.2) is 11.5 Å². The lowest BCUT2D eigenvalue weighted by atomic mass is 10.2. The van der Waals surface area contributed by atoms with E-state index in [0.717, 1.165) is 16.7 Å². The summed E-state index contributed by atoms with van der Waals surface area (Å²) < 4.78 is 14.9. The summed E-state index contributed by atoms with van der Waals surface area (Å²) >= 11 is 6.87. The molecule has 1 aromatic carbocycles. The number of fused-ring (bicyclic) bond motifs is 1. The van der Waals surface area contributed by atoms with Crippen LogP contribution in [-0.2, 0) is 14.3 Å². The summed E-state index contributed by atoms with van der Waals surface area (Å²) in [5.74, 6) is -0.214. The fourth-order valence-corrected chi connectivity index (χ4v) is 3.05. The number of carbonyl (C=O) groups excluding carboxylic acids is 3. The van der Waals surface area contributed by atoms with Gasteiger partial charge in [-0.3, -0.25) is 19.3 Å². The zero-order valence-corrected chi connectivity index (χ0v) is 13.4. The quantitative estimate of drug-likeness (QED) is 0.607. The highest BCUT2D eigenvalue weighted by Crippen LogP contribution is 2.39. The van der Waals surface area contributed by atoms with Crippen molar-refractivity contribution in [1.82, 2.24) is 4.90 Å². The number of thioether (sulfide) groups is 1. The number of methoxy groups -OCH3 is 1. The maximum absolute atomic E-state index is 12.2. The molecule has 0 bridgehead atoms. The van der Waals surface area contributed by atoms with Crippen LogP contribution >= 0.6 is 23.4 Å². The molecule has 2 aliphatic rings. The molecule has 2 amide bonds. The maximum atomic E-state index is 12.2. The topological polar surface area (TPSA) is 82.1 Å². The first-order valence-corrected chi connectivity index (χ1v) is 7.60. The average Bonchev–Trinajstić information content (AvgIpc) is 3.07. The average molecular weight is 356 g/mol. The van der Waals surface area contributed by atoms with Crippen LogP contribution in [0.4, 0.5) is 4.79 Å². The minimum atomic E-state index is -0.672. The lowest BCUT2D eigenvalue weighted by molar-refractivity contribution is -0.143. The second kappa shape index (κ2) is 6.13. The van der Waals surface area contributed by atoms with E-state index in [0.29, 0.717) is 22.1 Å². The van der Waals surface area contributed by atoms with Crippen molar-refractivity contribution in [3.05, 3.63) is 27.6 Å². The van der Waals surface area contributed by atoms with Crippen molar-refractivity contribution in [3.63, 3.8) is 0 Å². The van der Waals surface area contributed by atoms with E-state index < -0.39 is 23.7 Å². The standard InChI is InChI=1S/C14H10ClNO6S/c1-20-12(17)5-16-13(18)11(23-14(16)19)3-7-2-9-10(4-8(7)15)22-6-21-9/h2-4H,5-6H2,1H3/b11-3+. The highest BCUT2D eigenvalue weighted by Gasteiger charge is 2.36. The zero-order valence-electron chi connectivity index (χ0n) is 11.8. The molecule has 3 rings (SSSR count). The van der Waals surface area contributed by atoms with Crippen molar-refractivity contribution in [2.24, 2.45) is 0 Å². The van der Waals surface area contributed by atoms with Gasteiger partial charge in [0, 0.05) is 6.07 Å². The van der Waals surface area contributed by atoms with Crippen molar-refractivity contribution in [3.8, 4) is 11.5 Å². The molecule has 7 nitrogen and oxygen atoms in total. The minimum absolute atomic E-state index is 0.102. The number of amides is 2. The normalized spacial score (nSPS) is 18.0. The van der Waals surface area contributed by atoms with E-state index in [-0.39, 0.29) is 11.7 Å². The summed E-state index contributed by atoms with van der Waals surface area (Å²) in [4.78, 5) is 36.3. The third-order valence-electron chi connectivity index (χ3n) is 3.17. The second-order valence-electron chi connectivity index (χ2n) is 4.57. The molecule has 0 aromatic heterocycles. The predicted octanol–water partition coefficient (Wildman–Crippen LogP) is 2.28. The summed E-state index contributed by atoms with van der Waals surface area (Å²) in [7, 11) is 1.18. The Kier molecular flexibility index (Phi) is 4.18. The molecule has 0 N–H and O–H groups in total. The zero-order chi connectivity index (χ0) is 16.6. The van der Waals surface area contributed by atoms with E-state index >= 15 is 0 Å². The van der Waals surface area contributed by atoms with E-state index in [1.807, 2.05) is 0 Å². The number of benzene rings is 1. The summed E-state index contributed by atoms with van der Waals surface area (Å²) in [6.07, 6.45) is 1.48. The van der Waals surface area contributed by atoms with E-state index in [1.165, 1.54) is 13.2 Å². The smallest absolute Gasteiger partial charge is 0.325 e. The summed E-state index contributed by atoms with van der Waals surface area (Å²) in [5.41, 5.74) is 0.513. The monoisotopic (exact) mass is 355 g/mol. The van der Waals surface area contributed by atoms with E-state index in [1.54, 1.807) is 12.1 Å². The van der Waals surface area contributed by atoms with Gasteiger partial charge < -0.3 is 14.2 Å². The highest BCUT2D eigenvalue weighted by molar-refractivity contribution is 8.18. The molecule has 2 heterocycles. The van der Waals surface area contributed by atoms with Gasteiger partial charge in [-0.2, -0.15) is 0 Å². The number of rotatable bonds is 3. The van der Waals surface area contributed by atoms with Crippen molar-refractivity contribution in [2.45, 2.75) is 0 Å². The minimum Gasteiger partial charge on any atom is -0.468 e. The first-order chi connectivity index (χ1) is 11.0. The Bertz CT molecular complexity index is 747. The van der Waals surface area contributed by atoms with Crippen molar-refractivity contribution in [1.29, 1.82) is 0 Å². The molecule has 0 radical (unpaired) electrons. The Balaban J connectivity index is 1.88. The molecule has 0 saturated carbocycles. The summed E-state index contributed by atoms with van der Waals surface area (Å²) in [5, 5.41) is -0.183. The van der Waals surface area contributed by atoms with Crippen LogP contribution in [0.15, 0.2) is 17.0 Å². The van der Waals surface area contributed by atoms with Crippen molar-refractivity contribution >= 4 is 46.6 Å². The lowest BCUT2D eigenvalue weighted by Gasteiger charge is -2.09. The van der Waals surface area contributed by atoms with Gasteiger partial charge in [-0.25, -0.2) is 0 Å². The van der Waals surface area contributed by atoms with Crippen molar-refractivity contribution in [2.75, 3.05) is 20.4 Å². The van der Waals surface area contributed by atoms with Gasteiger partial charge >= 0.3 is 5.97 Å².